The Bertz CT molecular complexity index is 726. The zero-order valence-electron chi connectivity index (χ0n) is 10.8. The number of nitrogens with zero attached hydrogens (tertiary/aromatic N) is 2. The normalized spacial score (nSPS) is 18.2. The van der Waals surface area contributed by atoms with Crippen LogP contribution in [0.4, 0.5) is 10.1 Å². The molecule has 1 N–H and O–H groups in total. The van der Waals surface area contributed by atoms with E-state index >= 15 is 0 Å². The summed E-state index contributed by atoms with van der Waals surface area (Å²) < 4.78 is 12.8. The van der Waals surface area contributed by atoms with Crippen molar-refractivity contribution in [2.24, 2.45) is 4.99 Å². The molecule has 1 aliphatic rings. The number of aliphatic imine (C=N–C) groups is 1. The van der Waals surface area contributed by atoms with Crippen LogP contribution in [0, 0.1) is 5.82 Å². The fourth-order valence-electron chi connectivity index (χ4n) is 1.72. The van der Waals surface area contributed by atoms with Gasteiger partial charge < -0.3 is 5.32 Å². The first-order valence-corrected chi connectivity index (χ1v) is 6.97. The molecule has 21 heavy (non-hydrogen) atoms. The van der Waals surface area contributed by atoms with Gasteiger partial charge in [0.1, 0.15) is 5.82 Å². The zero-order chi connectivity index (χ0) is 14.7. The number of amides is 1. The summed E-state index contributed by atoms with van der Waals surface area (Å²) in [6.07, 6.45) is 5.10. The molecule has 0 unspecified atom stereocenters. The van der Waals surface area contributed by atoms with E-state index in [1.54, 1.807) is 30.6 Å². The molecule has 0 aliphatic carbocycles. The molecule has 1 aliphatic heterocycles. The minimum Gasteiger partial charge on any atom is -0.300 e. The monoisotopic (exact) mass is 299 g/mol. The highest BCUT2D eigenvalue weighted by molar-refractivity contribution is 8.18. The third kappa shape index (κ3) is 3.35. The first-order chi connectivity index (χ1) is 10.2. The number of carbonyl (C=O) groups is 1. The van der Waals surface area contributed by atoms with Gasteiger partial charge in [-0.2, -0.15) is 0 Å². The van der Waals surface area contributed by atoms with E-state index < -0.39 is 0 Å². The molecule has 0 radical (unpaired) electrons. The quantitative estimate of drug-likeness (QED) is 0.867. The van der Waals surface area contributed by atoms with Gasteiger partial charge in [-0.15, -0.1) is 0 Å². The van der Waals surface area contributed by atoms with Crippen molar-refractivity contribution in [3.05, 3.63) is 65.1 Å². The Morgan fingerprint density at radius 3 is 2.57 bits per heavy atom. The maximum absolute atomic E-state index is 12.8. The number of carbonyl (C=O) groups excluding carboxylic acids is 1. The third-order valence-corrected chi connectivity index (χ3v) is 3.62. The number of benzene rings is 1. The van der Waals surface area contributed by atoms with Gasteiger partial charge in [0.25, 0.3) is 5.91 Å². The topological polar surface area (TPSA) is 54.4 Å². The summed E-state index contributed by atoms with van der Waals surface area (Å²) in [6, 6.07) is 9.40. The fourth-order valence-corrected chi connectivity index (χ4v) is 2.57. The molecule has 4 nitrogen and oxygen atoms in total. The predicted molar refractivity (Wildman–Crippen MR) is 81.4 cm³/mol. The van der Waals surface area contributed by atoms with Crippen molar-refractivity contribution in [2.45, 2.75) is 0 Å². The van der Waals surface area contributed by atoms with Crippen LogP contribution in [-0.4, -0.2) is 16.1 Å². The Morgan fingerprint density at radius 1 is 1.14 bits per heavy atom. The second-order valence-corrected chi connectivity index (χ2v) is 5.27. The smallest absolute Gasteiger partial charge is 0.264 e. The van der Waals surface area contributed by atoms with Crippen LogP contribution >= 0.6 is 11.8 Å². The summed E-state index contributed by atoms with van der Waals surface area (Å²) in [7, 11) is 0. The van der Waals surface area contributed by atoms with Crippen LogP contribution in [0.25, 0.3) is 6.08 Å². The average molecular weight is 299 g/mol. The number of amidine groups is 1. The molecule has 6 heteroatoms. The Kier molecular flexibility index (Phi) is 3.79. The first kappa shape index (κ1) is 13.5. The lowest BCUT2D eigenvalue weighted by Gasteiger charge is -1.95. The highest BCUT2D eigenvalue weighted by Crippen LogP contribution is 2.27. The summed E-state index contributed by atoms with van der Waals surface area (Å²) in [5.74, 6) is -0.516. The van der Waals surface area contributed by atoms with Gasteiger partial charge in [0.15, 0.2) is 5.17 Å². The van der Waals surface area contributed by atoms with Gasteiger partial charge in [0.05, 0.1) is 10.6 Å². The Labute approximate surface area is 124 Å². The fraction of sp³-hybridized carbons (Fsp3) is 0. The second kappa shape index (κ2) is 5.88. The molecular weight excluding hydrogens is 289 g/mol. The molecule has 3 rings (SSSR count). The second-order valence-electron chi connectivity index (χ2n) is 4.24. The summed E-state index contributed by atoms with van der Waals surface area (Å²) >= 11 is 1.25. The standard InChI is InChI=1S/C15H10FN3OS/c16-11-1-3-12(4-2-11)18-15-19-14(20)13(21-15)9-10-5-7-17-8-6-10/h1-9H,(H,18,19,20)/b13-9-. The summed E-state index contributed by atoms with van der Waals surface area (Å²) in [6.45, 7) is 0. The highest BCUT2D eigenvalue weighted by Gasteiger charge is 2.23. The number of nitrogens with one attached hydrogen (secondary N) is 1. The SMILES string of the molecule is O=C1NC(=Nc2ccc(F)cc2)S/C1=C\c1ccncc1. The Hall–Kier alpha value is -2.47. The molecule has 0 spiro atoms. The lowest BCUT2D eigenvalue weighted by atomic mass is 10.2. The van der Waals surface area contributed by atoms with Crippen molar-refractivity contribution in [3.63, 3.8) is 0 Å². The van der Waals surface area contributed by atoms with Crippen molar-refractivity contribution in [3.8, 4) is 0 Å². The predicted octanol–water partition coefficient (Wildman–Crippen LogP) is 3.11. The molecular formula is C15H10FN3OS. The van der Waals surface area contributed by atoms with E-state index in [4.69, 9.17) is 0 Å². The lowest BCUT2D eigenvalue weighted by molar-refractivity contribution is -0.115. The van der Waals surface area contributed by atoms with Crippen molar-refractivity contribution in [2.75, 3.05) is 0 Å². The maximum Gasteiger partial charge on any atom is 0.264 e. The number of hydrogen-bond donors (Lipinski definition) is 1. The minimum absolute atomic E-state index is 0.197. The van der Waals surface area contributed by atoms with Crippen molar-refractivity contribution >= 4 is 34.6 Å². The molecule has 2 heterocycles. The average Bonchev–Trinajstić information content (AvgIpc) is 2.82. The molecule has 1 fully saturated rings. The molecule has 0 bridgehead atoms. The lowest BCUT2D eigenvalue weighted by Crippen LogP contribution is -2.19. The van der Waals surface area contributed by atoms with Crippen molar-refractivity contribution in [1.82, 2.24) is 10.3 Å². The Morgan fingerprint density at radius 2 is 1.86 bits per heavy atom. The van der Waals surface area contributed by atoms with Gasteiger partial charge in [0, 0.05) is 12.4 Å². The highest BCUT2D eigenvalue weighted by atomic mass is 32.2. The van der Waals surface area contributed by atoms with Crippen LogP contribution in [-0.2, 0) is 4.79 Å². The molecule has 104 valence electrons. The molecule has 1 amide bonds. The molecule has 2 aromatic rings. The van der Waals surface area contributed by atoms with Crippen LogP contribution in [0.2, 0.25) is 0 Å². The summed E-state index contributed by atoms with van der Waals surface area (Å²) in [5.41, 5.74) is 1.48. The van der Waals surface area contributed by atoms with Gasteiger partial charge >= 0.3 is 0 Å². The molecule has 1 saturated heterocycles. The summed E-state index contributed by atoms with van der Waals surface area (Å²) in [4.78, 5) is 20.6. The van der Waals surface area contributed by atoms with E-state index in [9.17, 15) is 9.18 Å². The van der Waals surface area contributed by atoms with Crippen LogP contribution in [0.3, 0.4) is 0 Å². The van der Waals surface area contributed by atoms with Gasteiger partial charge in [-0.3, -0.25) is 9.78 Å². The zero-order valence-corrected chi connectivity index (χ0v) is 11.6. The van der Waals surface area contributed by atoms with Crippen LogP contribution in [0.5, 0.6) is 0 Å². The number of halogens is 1. The van der Waals surface area contributed by atoms with Crippen molar-refractivity contribution < 1.29 is 9.18 Å². The van der Waals surface area contributed by atoms with Crippen molar-refractivity contribution in [1.29, 1.82) is 0 Å². The van der Waals surface area contributed by atoms with E-state index in [-0.39, 0.29) is 11.7 Å². The van der Waals surface area contributed by atoms with Gasteiger partial charge in [-0.25, -0.2) is 9.38 Å². The number of pyridine rings is 1. The third-order valence-electron chi connectivity index (χ3n) is 2.71. The van der Waals surface area contributed by atoms with E-state index in [0.29, 0.717) is 15.8 Å². The van der Waals surface area contributed by atoms with E-state index in [1.807, 2.05) is 12.1 Å². The van der Waals surface area contributed by atoms with E-state index in [1.165, 1.54) is 23.9 Å². The molecule has 1 aromatic carbocycles. The Balaban J connectivity index is 1.81. The number of rotatable bonds is 2. The maximum atomic E-state index is 12.8. The van der Waals surface area contributed by atoms with Crippen LogP contribution < -0.4 is 5.32 Å². The molecule has 0 saturated carbocycles. The summed E-state index contributed by atoms with van der Waals surface area (Å²) in [5, 5.41) is 3.16. The number of thioether (sulfide) groups is 1. The van der Waals surface area contributed by atoms with Gasteiger partial charge in [-0.05, 0) is 59.8 Å². The minimum atomic E-state index is -0.319. The van der Waals surface area contributed by atoms with Gasteiger partial charge in [-0.1, -0.05) is 0 Å². The molecule has 0 atom stereocenters. The largest absolute Gasteiger partial charge is 0.300 e. The van der Waals surface area contributed by atoms with E-state index in [0.717, 1.165) is 5.56 Å². The van der Waals surface area contributed by atoms with E-state index in [2.05, 4.69) is 15.3 Å². The van der Waals surface area contributed by atoms with Gasteiger partial charge in [0.2, 0.25) is 0 Å². The number of hydrogen-bond acceptors (Lipinski definition) is 4. The number of aromatic nitrogens is 1. The van der Waals surface area contributed by atoms with Crippen LogP contribution in [0.1, 0.15) is 5.56 Å². The molecule has 1 aromatic heterocycles. The first-order valence-electron chi connectivity index (χ1n) is 6.16. The van der Waals surface area contributed by atoms with Crippen LogP contribution in [0.15, 0.2) is 58.7 Å².